The molecule has 0 fully saturated rings. The molecule has 15 heavy (non-hydrogen) atoms. The molecule has 0 N–H and O–H groups in total. The topological polar surface area (TPSA) is 0 Å². The van der Waals surface area contributed by atoms with Crippen molar-refractivity contribution in [2.45, 2.75) is 0 Å². The fraction of sp³-hybridized carbons (Fsp3) is 0.143. The average Bonchev–Trinajstić information content (AvgIpc) is 2.27. The predicted molar refractivity (Wildman–Crippen MR) is 66.7 cm³/mol. The fourth-order valence-electron chi connectivity index (χ4n) is 0.676. The summed E-state index contributed by atoms with van der Waals surface area (Å²) in [5, 5.41) is 0. The Labute approximate surface area is 95.2 Å². The normalized spacial score (nSPS) is 17.6. The van der Waals surface area contributed by atoms with Crippen LogP contribution in [-0.2, 0) is 0 Å². The molecule has 0 aliphatic carbocycles. The highest BCUT2D eigenvalue weighted by molar-refractivity contribution is 7.99. The molecule has 0 radical (unpaired) electrons. The molecular weight excluding hydrogens is 200 g/mol. The van der Waals surface area contributed by atoms with E-state index < -0.39 is 0 Å². The molecule has 0 aromatic rings. The lowest BCUT2D eigenvalue weighted by molar-refractivity contribution is 1.84. The minimum absolute atomic E-state index is 0.798. The Balaban J connectivity index is 2.68. The van der Waals surface area contributed by atoms with Gasteiger partial charge in [-0.1, -0.05) is 35.5 Å². The smallest absolute Gasteiger partial charge is 0.0560 e. The molecule has 0 saturated carbocycles. The van der Waals surface area contributed by atoms with E-state index in [1.807, 2.05) is 0 Å². The van der Waals surface area contributed by atoms with E-state index in [1.54, 1.807) is 36.1 Å². The van der Waals surface area contributed by atoms with Gasteiger partial charge in [0.2, 0.25) is 0 Å². The molecule has 1 heterocycles. The Morgan fingerprint density at radius 3 is 1.67 bits per heavy atom. The molecule has 0 atom stereocenters. The Hall–Kier alpha value is -1.93. The zero-order valence-corrected chi connectivity index (χ0v) is 8.95. The van der Waals surface area contributed by atoms with E-state index in [0.717, 1.165) is 11.5 Å². The predicted octanol–water partition coefficient (Wildman–Crippen LogP) is 1.86. The molecule has 0 saturated heterocycles. The van der Waals surface area contributed by atoms with Gasteiger partial charge in [0.15, 0.2) is 0 Å². The van der Waals surface area contributed by atoms with Crippen LogP contribution in [0.1, 0.15) is 0 Å². The maximum Gasteiger partial charge on any atom is 0.0560 e. The highest BCUT2D eigenvalue weighted by Gasteiger charge is 1.77. The molecule has 0 aromatic heterocycles. The number of thioether (sulfide) groups is 1. The molecule has 0 unspecified atom stereocenters. The van der Waals surface area contributed by atoms with Crippen molar-refractivity contribution < 1.29 is 0 Å². The maximum atomic E-state index is 2.99. The van der Waals surface area contributed by atoms with Gasteiger partial charge in [-0.2, -0.15) is 0 Å². The average molecular weight is 208 g/mol. The first-order valence-corrected chi connectivity index (χ1v) is 5.51. The zero-order valence-electron chi connectivity index (χ0n) is 8.13. The highest BCUT2D eigenvalue weighted by Crippen LogP contribution is 1.95. The number of hydrogen-bond donors (Lipinski definition) is 0. The van der Waals surface area contributed by atoms with Crippen LogP contribution in [0.5, 0.6) is 0 Å². The summed E-state index contributed by atoms with van der Waals surface area (Å²) in [5.41, 5.74) is 0. The summed E-state index contributed by atoms with van der Waals surface area (Å²) >= 11 is 1.70. The van der Waals surface area contributed by atoms with E-state index in [0.29, 0.717) is 0 Å². The van der Waals surface area contributed by atoms with Crippen LogP contribution in [0.25, 0.3) is 0 Å². The van der Waals surface area contributed by atoms with Gasteiger partial charge in [-0.3, -0.25) is 0 Å². The van der Waals surface area contributed by atoms with Gasteiger partial charge in [0.05, 0.1) is 11.5 Å². The van der Waals surface area contributed by atoms with Gasteiger partial charge in [0, 0.05) is 0 Å². The molecule has 1 rings (SSSR count). The van der Waals surface area contributed by atoms with E-state index >= 15 is 0 Å². The van der Waals surface area contributed by atoms with Crippen molar-refractivity contribution >= 4 is 11.8 Å². The van der Waals surface area contributed by atoms with Crippen LogP contribution in [0.15, 0.2) is 24.3 Å². The Bertz CT molecular complexity index is 442. The lowest BCUT2D eigenvalue weighted by atomic mass is 10.4. The first-order valence-electron chi connectivity index (χ1n) is 4.36. The number of allylic oxidation sites excluding steroid dienone is 4. The van der Waals surface area contributed by atoms with E-state index in [4.69, 9.17) is 0 Å². The third kappa shape index (κ3) is 7.16. The fourth-order valence-corrected chi connectivity index (χ4v) is 1.15. The first kappa shape index (κ1) is 11.1. The largest absolute Gasteiger partial charge is 0.136 e. The lowest BCUT2D eigenvalue weighted by Gasteiger charge is -1.83. The van der Waals surface area contributed by atoms with E-state index in [2.05, 4.69) is 47.4 Å². The van der Waals surface area contributed by atoms with Crippen LogP contribution in [0.3, 0.4) is 0 Å². The minimum atomic E-state index is 0.798. The molecule has 1 aliphatic heterocycles. The Morgan fingerprint density at radius 1 is 0.667 bits per heavy atom. The van der Waals surface area contributed by atoms with Crippen molar-refractivity contribution in [1.29, 1.82) is 0 Å². The van der Waals surface area contributed by atoms with Crippen molar-refractivity contribution in [3.05, 3.63) is 24.3 Å². The van der Waals surface area contributed by atoms with Crippen molar-refractivity contribution in [1.82, 2.24) is 0 Å². The molecule has 0 amide bonds. The van der Waals surface area contributed by atoms with Gasteiger partial charge in [-0.25, -0.2) is 0 Å². The van der Waals surface area contributed by atoms with Gasteiger partial charge >= 0.3 is 0 Å². The molecule has 0 spiro atoms. The summed E-state index contributed by atoms with van der Waals surface area (Å²) in [6, 6.07) is 0. The monoisotopic (exact) mass is 208 g/mol. The van der Waals surface area contributed by atoms with Gasteiger partial charge in [0.25, 0.3) is 0 Å². The number of hydrogen-bond acceptors (Lipinski definition) is 1. The van der Waals surface area contributed by atoms with Gasteiger partial charge < -0.3 is 0 Å². The molecule has 0 nitrogen and oxygen atoms in total. The second kappa shape index (κ2) is 8.66. The highest BCUT2D eigenvalue weighted by atomic mass is 32.2. The van der Waals surface area contributed by atoms with Crippen LogP contribution in [0, 0.1) is 47.4 Å². The summed E-state index contributed by atoms with van der Waals surface area (Å²) in [7, 11) is 0. The van der Waals surface area contributed by atoms with Crippen molar-refractivity contribution in [2.24, 2.45) is 0 Å². The van der Waals surface area contributed by atoms with Crippen LogP contribution < -0.4 is 0 Å². The number of rotatable bonds is 0. The van der Waals surface area contributed by atoms with E-state index in [1.165, 1.54) is 0 Å². The summed E-state index contributed by atoms with van der Waals surface area (Å²) < 4.78 is 0. The zero-order chi connectivity index (χ0) is 10.6. The summed E-state index contributed by atoms with van der Waals surface area (Å²) in [5.74, 6) is 24.3. The van der Waals surface area contributed by atoms with Crippen LogP contribution >= 0.6 is 11.8 Å². The second-order valence-corrected chi connectivity index (χ2v) is 3.33. The summed E-state index contributed by atoms with van der Waals surface area (Å²) in [6.07, 6.45) is 6.87. The summed E-state index contributed by atoms with van der Waals surface area (Å²) in [4.78, 5) is 0. The van der Waals surface area contributed by atoms with Crippen molar-refractivity contribution in [3.8, 4) is 47.4 Å². The lowest BCUT2D eigenvalue weighted by Crippen LogP contribution is -1.74. The Kier molecular flexibility index (Phi) is 6.43. The van der Waals surface area contributed by atoms with E-state index in [-0.39, 0.29) is 0 Å². The Morgan fingerprint density at radius 2 is 1.13 bits per heavy atom. The van der Waals surface area contributed by atoms with Gasteiger partial charge in [-0.05, 0) is 36.1 Å². The van der Waals surface area contributed by atoms with Crippen LogP contribution in [0.2, 0.25) is 0 Å². The minimum Gasteiger partial charge on any atom is -0.136 e. The van der Waals surface area contributed by atoms with E-state index in [9.17, 15) is 0 Å². The van der Waals surface area contributed by atoms with Crippen LogP contribution in [0.4, 0.5) is 0 Å². The van der Waals surface area contributed by atoms with Gasteiger partial charge in [-0.15, -0.1) is 11.8 Å². The molecule has 70 valence electrons. The molecular formula is C14H8S. The van der Waals surface area contributed by atoms with Gasteiger partial charge in [0.1, 0.15) is 0 Å². The van der Waals surface area contributed by atoms with Crippen molar-refractivity contribution in [3.63, 3.8) is 0 Å². The molecule has 1 heteroatoms. The second-order valence-electron chi connectivity index (χ2n) is 2.34. The summed E-state index contributed by atoms with van der Waals surface area (Å²) in [6.45, 7) is 0. The molecule has 1 aliphatic rings. The standard InChI is InChI=1S/C14H8S/c1-2-4-6-8-10-12-14-15-13-11-9-7-5-3-1/h5-8H,13-14H2/b7-5-,8-6-. The first-order chi connectivity index (χ1) is 7.50. The van der Waals surface area contributed by atoms with Crippen molar-refractivity contribution in [2.75, 3.05) is 11.5 Å². The quantitative estimate of drug-likeness (QED) is 0.548. The SMILES string of the molecule is C1#C/C=C\C#CCSCC#C/C=C\C#C1. The third-order valence-electron chi connectivity index (χ3n) is 1.26. The maximum absolute atomic E-state index is 2.99. The molecule has 0 aromatic carbocycles. The molecule has 0 bridgehead atoms. The van der Waals surface area contributed by atoms with Crippen LogP contribution in [-0.4, -0.2) is 11.5 Å². The third-order valence-corrected chi connectivity index (χ3v) is 1.96.